The highest BCUT2D eigenvalue weighted by molar-refractivity contribution is 14.1. The lowest BCUT2D eigenvalue weighted by Crippen LogP contribution is -2.46. The van der Waals surface area contributed by atoms with Crippen LogP contribution in [0.1, 0.15) is 6.42 Å². The van der Waals surface area contributed by atoms with E-state index in [2.05, 4.69) is 33.2 Å². The molecule has 1 atom stereocenters. The van der Waals surface area contributed by atoms with Gasteiger partial charge in [0.1, 0.15) is 0 Å². The third kappa shape index (κ3) is 4.73. The van der Waals surface area contributed by atoms with Crippen molar-refractivity contribution in [3.05, 3.63) is 27.8 Å². The second-order valence-corrected chi connectivity index (χ2v) is 8.00. The number of rotatable bonds is 3. The van der Waals surface area contributed by atoms with Gasteiger partial charge in [0, 0.05) is 28.3 Å². The standard InChI is InChI=1S/C12H15IN2O3S/c13-9-2-1-3-10(6-9)15-12(16)7-11-8-19(17,18)5-4-14-11/h1-3,6,11,14H,4-5,7-8H2,(H,15,16). The zero-order chi connectivity index (χ0) is 13.9. The van der Waals surface area contributed by atoms with Crippen LogP contribution in [0.15, 0.2) is 24.3 Å². The summed E-state index contributed by atoms with van der Waals surface area (Å²) in [5, 5.41) is 5.84. The number of carbonyl (C=O) groups excluding carboxylic acids is 1. The summed E-state index contributed by atoms with van der Waals surface area (Å²) < 4.78 is 24.0. The fourth-order valence-electron chi connectivity index (χ4n) is 2.00. The van der Waals surface area contributed by atoms with Crippen molar-refractivity contribution in [2.45, 2.75) is 12.5 Å². The Labute approximate surface area is 126 Å². The lowest BCUT2D eigenvalue weighted by molar-refractivity contribution is -0.116. The molecule has 0 bridgehead atoms. The maximum Gasteiger partial charge on any atom is 0.225 e. The fourth-order valence-corrected chi connectivity index (χ4v) is 3.99. The normalized spacial score (nSPS) is 21.8. The molecule has 7 heteroatoms. The van der Waals surface area contributed by atoms with Crippen LogP contribution < -0.4 is 10.6 Å². The van der Waals surface area contributed by atoms with E-state index in [1.807, 2.05) is 24.3 Å². The maximum atomic E-state index is 11.9. The highest BCUT2D eigenvalue weighted by Crippen LogP contribution is 2.13. The Morgan fingerprint density at radius 2 is 2.26 bits per heavy atom. The summed E-state index contributed by atoms with van der Waals surface area (Å²) in [6.07, 6.45) is 0.171. The maximum absolute atomic E-state index is 11.9. The summed E-state index contributed by atoms with van der Waals surface area (Å²) in [4.78, 5) is 11.9. The molecule has 0 spiro atoms. The van der Waals surface area contributed by atoms with E-state index in [1.165, 1.54) is 0 Å². The minimum absolute atomic E-state index is 0.0345. The Hall–Kier alpha value is -0.670. The van der Waals surface area contributed by atoms with Gasteiger partial charge in [0.2, 0.25) is 5.91 Å². The average Bonchev–Trinajstić information content (AvgIpc) is 2.27. The van der Waals surface area contributed by atoms with E-state index in [1.54, 1.807) is 0 Å². The summed E-state index contributed by atoms with van der Waals surface area (Å²) in [5.41, 5.74) is 0.732. The Morgan fingerprint density at radius 1 is 1.47 bits per heavy atom. The van der Waals surface area contributed by atoms with Gasteiger partial charge in [0.05, 0.1) is 11.5 Å². The van der Waals surface area contributed by atoms with E-state index in [-0.39, 0.29) is 29.9 Å². The van der Waals surface area contributed by atoms with E-state index >= 15 is 0 Å². The fraction of sp³-hybridized carbons (Fsp3) is 0.417. The van der Waals surface area contributed by atoms with Gasteiger partial charge in [-0.15, -0.1) is 0 Å². The molecule has 1 aromatic carbocycles. The van der Waals surface area contributed by atoms with Crippen LogP contribution in [-0.2, 0) is 14.6 Å². The lowest BCUT2D eigenvalue weighted by Gasteiger charge is -2.23. The van der Waals surface area contributed by atoms with E-state index < -0.39 is 9.84 Å². The molecular weight excluding hydrogens is 379 g/mol. The van der Waals surface area contributed by atoms with Crippen molar-refractivity contribution in [3.63, 3.8) is 0 Å². The number of benzene rings is 1. The monoisotopic (exact) mass is 394 g/mol. The van der Waals surface area contributed by atoms with E-state index in [0.717, 1.165) is 9.26 Å². The molecule has 1 aliphatic rings. The van der Waals surface area contributed by atoms with Crippen molar-refractivity contribution in [3.8, 4) is 0 Å². The molecule has 1 aliphatic heterocycles. The molecule has 5 nitrogen and oxygen atoms in total. The molecule has 1 unspecified atom stereocenters. The van der Waals surface area contributed by atoms with Gasteiger partial charge in [-0.3, -0.25) is 4.79 Å². The molecule has 1 heterocycles. The molecule has 1 aromatic rings. The first kappa shape index (κ1) is 14.7. The first-order valence-corrected chi connectivity index (χ1v) is 8.84. The van der Waals surface area contributed by atoms with Crippen molar-refractivity contribution in [1.82, 2.24) is 5.32 Å². The number of hydrogen-bond donors (Lipinski definition) is 2. The molecule has 2 rings (SSSR count). The highest BCUT2D eigenvalue weighted by Gasteiger charge is 2.25. The van der Waals surface area contributed by atoms with Crippen LogP contribution in [0, 0.1) is 3.57 Å². The van der Waals surface area contributed by atoms with Gasteiger partial charge in [-0.2, -0.15) is 0 Å². The Bertz CT molecular complexity index is 574. The summed E-state index contributed by atoms with van der Waals surface area (Å²) >= 11 is 2.17. The Morgan fingerprint density at radius 3 is 2.95 bits per heavy atom. The zero-order valence-electron chi connectivity index (χ0n) is 10.2. The number of halogens is 1. The van der Waals surface area contributed by atoms with Crippen LogP contribution in [0.4, 0.5) is 5.69 Å². The van der Waals surface area contributed by atoms with Crippen molar-refractivity contribution >= 4 is 44.0 Å². The summed E-state index contributed by atoms with van der Waals surface area (Å²) in [7, 11) is -3.00. The van der Waals surface area contributed by atoms with Crippen LogP contribution in [-0.4, -0.2) is 38.4 Å². The molecule has 0 aromatic heterocycles. The average molecular weight is 394 g/mol. The largest absolute Gasteiger partial charge is 0.326 e. The van der Waals surface area contributed by atoms with Gasteiger partial charge in [-0.1, -0.05) is 6.07 Å². The van der Waals surface area contributed by atoms with Crippen molar-refractivity contribution in [1.29, 1.82) is 0 Å². The predicted octanol–water partition coefficient (Wildman–Crippen LogP) is 1.01. The minimum Gasteiger partial charge on any atom is -0.326 e. The SMILES string of the molecule is O=C(CC1CS(=O)(=O)CCN1)Nc1cccc(I)c1. The molecule has 0 saturated carbocycles. The number of carbonyl (C=O) groups is 1. The van der Waals surface area contributed by atoms with Gasteiger partial charge in [0.25, 0.3) is 0 Å². The van der Waals surface area contributed by atoms with Crippen LogP contribution in [0.3, 0.4) is 0 Å². The second kappa shape index (κ2) is 6.19. The second-order valence-electron chi connectivity index (χ2n) is 4.53. The Kier molecular flexibility index (Phi) is 4.80. The zero-order valence-corrected chi connectivity index (χ0v) is 13.2. The first-order chi connectivity index (χ1) is 8.94. The smallest absolute Gasteiger partial charge is 0.225 e. The molecule has 19 heavy (non-hydrogen) atoms. The van der Waals surface area contributed by atoms with Crippen molar-refractivity contribution in [2.75, 3.05) is 23.4 Å². The minimum atomic E-state index is -3.00. The van der Waals surface area contributed by atoms with Crippen LogP contribution in [0.2, 0.25) is 0 Å². The van der Waals surface area contributed by atoms with Gasteiger partial charge < -0.3 is 10.6 Å². The van der Waals surface area contributed by atoms with E-state index in [4.69, 9.17) is 0 Å². The van der Waals surface area contributed by atoms with E-state index in [0.29, 0.717) is 6.54 Å². The van der Waals surface area contributed by atoms with Gasteiger partial charge >= 0.3 is 0 Å². The number of sulfone groups is 1. The lowest BCUT2D eigenvalue weighted by atomic mass is 10.2. The van der Waals surface area contributed by atoms with Gasteiger partial charge in [0.15, 0.2) is 9.84 Å². The first-order valence-electron chi connectivity index (χ1n) is 5.94. The molecule has 2 N–H and O–H groups in total. The number of hydrogen-bond acceptors (Lipinski definition) is 4. The molecule has 1 amide bonds. The summed E-state index contributed by atoms with van der Waals surface area (Å²) in [6.45, 7) is 0.420. The molecule has 0 aliphatic carbocycles. The quantitative estimate of drug-likeness (QED) is 0.751. The predicted molar refractivity (Wildman–Crippen MR) is 82.9 cm³/mol. The van der Waals surface area contributed by atoms with Crippen LogP contribution in [0.25, 0.3) is 0 Å². The van der Waals surface area contributed by atoms with Crippen molar-refractivity contribution < 1.29 is 13.2 Å². The number of anilines is 1. The Balaban J connectivity index is 1.91. The molecule has 0 radical (unpaired) electrons. The van der Waals surface area contributed by atoms with E-state index in [9.17, 15) is 13.2 Å². The van der Waals surface area contributed by atoms with Crippen molar-refractivity contribution in [2.24, 2.45) is 0 Å². The third-order valence-corrected chi connectivity index (χ3v) is 5.25. The summed E-state index contributed by atoms with van der Waals surface area (Å²) in [5.74, 6) is 0.0194. The van der Waals surface area contributed by atoms with Gasteiger partial charge in [-0.25, -0.2) is 8.42 Å². The molecular formula is C12H15IN2O3S. The summed E-state index contributed by atoms with van der Waals surface area (Å²) in [6, 6.07) is 7.18. The molecule has 1 saturated heterocycles. The topological polar surface area (TPSA) is 75.3 Å². The van der Waals surface area contributed by atoms with Crippen LogP contribution >= 0.6 is 22.6 Å². The number of nitrogens with one attached hydrogen (secondary N) is 2. The highest BCUT2D eigenvalue weighted by atomic mass is 127. The third-order valence-electron chi connectivity index (χ3n) is 2.84. The number of amides is 1. The van der Waals surface area contributed by atoms with Gasteiger partial charge in [-0.05, 0) is 40.8 Å². The van der Waals surface area contributed by atoms with Crippen LogP contribution in [0.5, 0.6) is 0 Å². The molecule has 1 fully saturated rings. The molecule has 104 valence electrons.